The molecule has 2 aromatic rings. The summed E-state index contributed by atoms with van der Waals surface area (Å²) in [5.41, 5.74) is -0.756. The van der Waals surface area contributed by atoms with Crippen molar-refractivity contribution >= 4 is 35.2 Å². The van der Waals surface area contributed by atoms with Crippen LogP contribution in [0.25, 0.3) is 0 Å². The first-order chi connectivity index (χ1) is 15.0. The van der Waals surface area contributed by atoms with Crippen LogP contribution in [0.3, 0.4) is 0 Å². The fourth-order valence-electron chi connectivity index (χ4n) is 2.51. The minimum absolute atomic E-state index is 0.0101. The molecule has 0 fully saturated rings. The van der Waals surface area contributed by atoms with Gasteiger partial charge in [0.15, 0.2) is 6.61 Å². The molecule has 0 saturated carbocycles. The van der Waals surface area contributed by atoms with Crippen LogP contribution >= 0.6 is 11.6 Å². The van der Waals surface area contributed by atoms with Crippen molar-refractivity contribution in [2.24, 2.45) is 0 Å². The number of carbonyl (C=O) groups excluding carboxylic acids is 3. The van der Waals surface area contributed by atoms with Gasteiger partial charge in [-0.05, 0) is 49.7 Å². The van der Waals surface area contributed by atoms with E-state index in [9.17, 15) is 27.6 Å². The zero-order valence-corrected chi connectivity index (χ0v) is 17.9. The van der Waals surface area contributed by atoms with Crippen molar-refractivity contribution in [1.29, 1.82) is 0 Å². The van der Waals surface area contributed by atoms with E-state index in [1.165, 1.54) is 18.2 Å². The van der Waals surface area contributed by atoms with Gasteiger partial charge in [-0.25, -0.2) is 9.59 Å². The largest absolute Gasteiger partial charge is 0.452 e. The summed E-state index contributed by atoms with van der Waals surface area (Å²) in [5, 5.41) is 7.25. The first-order valence-corrected chi connectivity index (χ1v) is 9.80. The van der Waals surface area contributed by atoms with Crippen molar-refractivity contribution in [3.05, 3.63) is 64.2 Å². The van der Waals surface area contributed by atoms with Gasteiger partial charge in [0.1, 0.15) is 0 Å². The molecule has 2 aromatic carbocycles. The van der Waals surface area contributed by atoms with Gasteiger partial charge in [-0.15, -0.1) is 0 Å². The summed E-state index contributed by atoms with van der Waals surface area (Å²) in [4.78, 5) is 35.6. The predicted molar refractivity (Wildman–Crippen MR) is 112 cm³/mol. The molecule has 0 atom stereocenters. The molecule has 0 heterocycles. The second-order valence-electron chi connectivity index (χ2n) is 6.99. The molecule has 7 nitrogen and oxygen atoms in total. The Morgan fingerprint density at radius 1 is 1.06 bits per heavy atom. The van der Waals surface area contributed by atoms with E-state index in [0.29, 0.717) is 6.07 Å². The van der Waals surface area contributed by atoms with Gasteiger partial charge in [0.2, 0.25) is 0 Å². The summed E-state index contributed by atoms with van der Waals surface area (Å²) in [6.45, 7) is 3.10. The van der Waals surface area contributed by atoms with Crippen LogP contribution in [0.15, 0.2) is 42.5 Å². The highest BCUT2D eigenvalue weighted by Crippen LogP contribution is 2.36. The normalized spacial score (nSPS) is 11.1. The van der Waals surface area contributed by atoms with E-state index in [-0.39, 0.29) is 29.2 Å². The zero-order valence-electron chi connectivity index (χ0n) is 17.2. The van der Waals surface area contributed by atoms with E-state index in [1.54, 1.807) is 12.1 Å². The van der Waals surface area contributed by atoms with E-state index in [0.717, 1.165) is 11.6 Å². The molecular formula is C21H21ClF3N3O4. The lowest BCUT2D eigenvalue weighted by Crippen LogP contribution is -2.39. The number of benzene rings is 2. The number of amides is 3. The Morgan fingerprint density at radius 2 is 1.72 bits per heavy atom. The number of urea groups is 1. The standard InChI is InChI=1S/C21H21ClF3N3O4/c1-12(2)27-20(31)26-10-13-3-5-14(6-4-13)19(30)32-11-18(29)28-17-8-7-15(22)9-16(17)21(23,24)25/h3-9,12H,10-11H2,1-2H3,(H,28,29)(H2,26,27,31). The third kappa shape index (κ3) is 7.77. The molecule has 0 unspecified atom stereocenters. The third-order valence-electron chi connectivity index (χ3n) is 3.96. The average molecular weight is 472 g/mol. The van der Waals surface area contributed by atoms with E-state index < -0.39 is 35.9 Å². The number of anilines is 1. The lowest BCUT2D eigenvalue weighted by molar-refractivity contribution is -0.137. The summed E-state index contributed by atoms with van der Waals surface area (Å²) in [6.07, 6.45) is -4.73. The highest BCUT2D eigenvalue weighted by molar-refractivity contribution is 6.30. The van der Waals surface area contributed by atoms with Gasteiger partial charge < -0.3 is 20.7 Å². The molecule has 2 rings (SSSR count). The Labute approximate surface area is 187 Å². The molecule has 0 saturated heterocycles. The molecule has 0 spiro atoms. The molecule has 0 aromatic heterocycles. The van der Waals surface area contributed by atoms with Gasteiger partial charge in [0.05, 0.1) is 16.8 Å². The topological polar surface area (TPSA) is 96.5 Å². The number of hydrogen-bond donors (Lipinski definition) is 3. The van der Waals surface area contributed by atoms with Crippen LogP contribution in [0.5, 0.6) is 0 Å². The SMILES string of the molecule is CC(C)NC(=O)NCc1ccc(C(=O)OCC(=O)Nc2ccc(Cl)cc2C(F)(F)F)cc1. The van der Waals surface area contributed by atoms with E-state index in [4.69, 9.17) is 16.3 Å². The summed E-state index contributed by atoms with van der Waals surface area (Å²) >= 11 is 5.59. The minimum Gasteiger partial charge on any atom is -0.452 e. The number of halogens is 4. The quantitative estimate of drug-likeness (QED) is 0.523. The Balaban J connectivity index is 1.89. The number of carbonyl (C=O) groups is 3. The molecular weight excluding hydrogens is 451 g/mol. The summed E-state index contributed by atoms with van der Waals surface area (Å²) in [6, 6.07) is 8.63. The highest BCUT2D eigenvalue weighted by Gasteiger charge is 2.34. The van der Waals surface area contributed by atoms with Gasteiger partial charge in [-0.3, -0.25) is 4.79 Å². The number of esters is 1. The van der Waals surface area contributed by atoms with Crippen molar-refractivity contribution in [3.63, 3.8) is 0 Å². The second kappa shape index (κ2) is 10.9. The van der Waals surface area contributed by atoms with Crippen molar-refractivity contribution in [2.45, 2.75) is 32.6 Å². The van der Waals surface area contributed by atoms with E-state index in [1.807, 2.05) is 13.8 Å². The Kier molecular flexibility index (Phi) is 8.48. The fraction of sp³-hybridized carbons (Fsp3) is 0.286. The van der Waals surface area contributed by atoms with Gasteiger partial charge >= 0.3 is 18.2 Å². The molecule has 0 aliphatic rings. The lowest BCUT2D eigenvalue weighted by atomic mass is 10.1. The molecule has 3 amide bonds. The number of nitrogens with one attached hydrogen (secondary N) is 3. The van der Waals surface area contributed by atoms with E-state index >= 15 is 0 Å². The van der Waals surface area contributed by atoms with Crippen LogP contribution in [-0.2, 0) is 22.3 Å². The molecule has 0 aliphatic carbocycles. The minimum atomic E-state index is -4.73. The lowest BCUT2D eigenvalue weighted by Gasteiger charge is -2.14. The van der Waals surface area contributed by atoms with Crippen molar-refractivity contribution < 1.29 is 32.3 Å². The molecule has 32 heavy (non-hydrogen) atoms. The smallest absolute Gasteiger partial charge is 0.418 e. The van der Waals surface area contributed by atoms with Gasteiger partial charge in [-0.2, -0.15) is 13.2 Å². The van der Waals surface area contributed by atoms with Gasteiger partial charge in [0, 0.05) is 17.6 Å². The van der Waals surface area contributed by atoms with E-state index in [2.05, 4.69) is 16.0 Å². The van der Waals surface area contributed by atoms with Crippen molar-refractivity contribution in [3.8, 4) is 0 Å². The number of alkyl halides is 3. The summed E-state index contributed by atoms with van der Waals surface area (Å²) in [7, 11) is 0. The second-order valence-corrected chi connectivity index (χ2v) is 7.43. The highest BCUT2D eigenvalue weighted by atomic mass is 35.5. The fourth-order valence-corrected chi connectivity index (χ4v) is 2.69. The molecule has 172 valence electrons. The van der Waals surface area contributed by atoms with Crippen molar-refractivity contribution in [2.75, 3.05) is 11.9 Å². The number of hydrogen-bond acceptors (Lipinski definition) is 4. The Hall–Kier alpha value is -3.27. The first kappa shape index (κ1) is 25.0. The third-order valence-corrected chi connectivity index (χ3v) is 4.19. The maximum absolute atomic E-state index is 13.1. The molecule has 11 heteroatoms. The summed E-state index contributed by atoms with van der Waals surface area (Å²) in [5.74, 6) is -1.77. The molecule has 3 N–H and O–H groups in total. The predicted octanol–water partition coefficient (Wildman–Crippen LogP) is 4.36. The maximum atomic E-state index is 13.1. The zero-order chi connectivity index (χ0) is 23.9. The van der Waals surface area contributed by atoms with Crippen LogP contribution in [0.1, 0.15) is 35.3 Å². The van der Waals surface area contributed by atoms with Crippen LogP contribution in [0.2, 0.25) is 5.02 Å². The van der Waals surface area contributed by atoms with Crippen LogP contribution in [-0.4, -0.2) is 30.6 Å². The number of rotatable bonds is 7. The molecule has 0 aliphatic heterocycles. The van der Waals surface area contributed by atoms with Crippen LogP contribution in [0, 0.1) is 0 Å². The number of ether oxygens (including phenoxy) is 1. The van der Waals surface area contributed by atoms with Gasteiger partial charge in [-0.1, -0.05) is 23.7 Å². The average Bonchev–Trinajstić information content (AvgIpc) is 2.71. The van der Waals surface area contributed by atoms with Gasteiger partial charge in [0.25, 0.3) is 5.91 Å². The maximum Gasteiger partial charge on any atom is 0.418 e. The van der Waals surface area contributed by atoms with Crippen LogP contribution < -0.4 is 16.0 Å². The Bertz CT molecular complexity index is 979. The van der Waals surface area contributed by atoms with Crippen molar-refractivity contribution in [1.82, 2.24) is 10.6 Å². The molecule has 0 radical (unpaired) electrons. The Morgan fingerprint density at radius 3 is 2.31 bits per heavy atom. The molecule has 0 bridgehead atoms. The monoisotopic (exact) mass is 471 g/mol. The first-order valence-electron chi connectivity index (χ1n) is 9.42. The van der Waals surface area contributed by atoms with Crippen LogP contribution in [0.4, 0.5) is 23.7 Å². The summed E-state index contributed by atoms with van der Waals surface area (Å²) < 4.78 is 44.1.